The molecule has 1 aliphatic carbocycles. The summed E-state index contributed by atoms with van der Waals surface area (Å²) in [5, 5.41) is 0. The molecule has 1 heterocycles. The Morgan fingerprint density at radius 2 is 2.06 bits per heavy atom. The third-order valence-corrected chi connectivity index (χ3v) is 3.87. The summed E-state index contributed by atoms with van der Waals surface area (Å²) in [5.41, 5.74) is 7.31. The lowest BCUT2D eigenvalue weighted by molar-refractivity contribution is 0.322. The predicted molar refractivity (Wildman–Crippen MR) is 71.7 cm³/mol. The van der Waals surface area contributed by atoms with Gasteiger partial charge < -0.3 is 5.73 Å². The molecule has 0 spiro atoms. The molecule has 2 N–H and O–H groups in total. The van der Waals surface area contributed by atoms with Crippen LogP contribution in [0.4, 0.5) is 0 Å². The topological polar surface area (TPSA) is 38.9 Å². The van der Waals surface area contributed by atoms with E-state index in [1.807, 2.05) is 18.3 Å². The number of hydrogen-bond acceptors (Lipinski definition) is 2. The van der Waals surface area contributed by atoms with Crippen molar-refractivity contribution in [3.8, 4) is 0 Å². The molecule has 1 atom stereocenters. The van der Waals surface area contributed by atoms with Crippen LogP contribution in [-0.2, 0) is 6.42 Å². The summed E-state index contributed by atoms with van der Waals surface area (Å²) in [7, 11) is 0. The number of nitrogens with two attached hydrogens (primary N) is 1. The van der Waals surface area contributed by atoms with Crippen LogP contribution in [0.3, 0.4) is 0 Å². The van der Waals surface area contributed by atoms with Crippen molar-refractivity contribution in [3.05, 3.63) is 30.1 Å². The third kappa shape index (κ3) is 4.47. The molecule has 17 heavy (non-hydrogen) atoms. The molecule has 0 bridgehead atoms. The van der Waals surface area contributed by atoms with E-state index >= 15 is 0 Å². The Kier molecular flexibility index (Phi) is 4.99. The molecular weight excluding hydrogens is 208 g/mol. The molecule has 1 aromatic heterocycles. The van der Waals surface area contributed by atoms with E-state index in [1.54, 1.807) is 0 Å². The maximum atomic E-state index is 6.18. The van der Waals surface area contributed by atoms with Crippen LogP contribution in [0.5, 0.6) is 0 Å². The fraction of sp³-hybridized carbons (Fsp3) is 0.667. The van der Waals surface area contributed by atoms with Crippen LogP contribution in [-0.4, -0.2) is 11.0 Å². The summed E-state index contributed by atoms with van der Waals surface area (Å²) in [6.45, 7) is 0. The molecule has 0 aromatic carbocycles. The van der Waals surface area contributed by atoms with Gasteiger partial charge in [0.1, 0.15) is 0 Å². The summed E-state index contributed by atoms with van der Waals surface area (Å²) in [6.07, 6.45) is 12.4. The summed E-state index contributed by atoms with van der Waals surface area (Å²) >= 11 is 0. The molecule has 1 saturated carbocycles. The Morgan fingerprint density at radius 1 is 1.24 bits per heavy atom. The van der Waals surface area contributed by atoms with Gasteiger partial charge >= 0.3 is 0 Å². The first-order valence-electron chi connectivity index (χ1n) is 7.00. The van der Waals surface area contributed by atoms with Crippen LogP contribution in [0.15, 0.2) is 24.4 Å². The highest BCUT2D eigenvalue weighted by atomic mass is 14.7. The van der Waals surface area contributed by atoms with Gasteiger partial charge in [0.25, 0.3) is 0 Å². The standard InChI is InChI=1S/C15H24N2/c16-14(12-15-8-4-5-11-17-15)10-9-13-6-2-1-3-7-13/h4-5,8,11,13-14H,1-3,6-7,9-10,12,16H2. The highest BCUT2D eigenvalue weighted by molar-refractivity contribution is 5.04. The molecule has 2 heteroatoms. The molecule has 0 saturated heterocycles. The van der Waals surface area contributed by atoms with Crippen molar-refractivity contribution in [1.82, 2.24) is 4.98 Å². The van der Waals surface area contributed by atoms with Gasteiger partial charge in [-0.15, -0.1) is 0 Å². The van der Waals surface area contributed by atoms with Gasteiger partial charge in [0.2, 0.25) is 0 Å². The predicted octanol–water partition coefficient (Wildman–Crippen LogP) is 3.31. The Balaban J connectivity index is 1.68. The van der Waals surface area contributed by atoms with Crippen molar-refractivity contribution in [2.24, 2.45) is 11.7 Å². The highest BCUT2D eigenvalue weighted by Gasteiger charge is 2.14. The lowest BCUT2D eigenvalue weighted by atomic mass is 9.85. The van der Waals surface area contributed by atoms with E-state index in [1.165, 1.54) is 38.5 Å². The second-order valence-corrected chi connectivity index (χ2v) is 5.37. The number of rotatable bonds is 5. The maximum Gasteiger partial charge on any atom is 0.0419 e. The van der Waals surface area contributed by atoms with E-state index in [2.05, 4.69) is 11.1 Å². The largest absolute Gasteiger partial charge is 0.327 e. The van der Waals surface area contributed by atoms with Crippen LogP contribution < -0.4 is 5.73 Å². The molecule has 1 aliphatic rings. The van der Waals surface area contributed by atoms with Crippen molar-refractivity contribution in [3.63, 3.8) is 0 Å². The first kappa shape index (κ1) is 12.6. The van der Waals surface area contributed by atoms with Crippen molar-refractivity contribution in [1.29, 1.82) is 0 Å². The molecule has 0 amide bonds. The summed E-state index contributed by atoms with van der Waals surface area (Å²) in [5.74, 6) is 0.943. The van der Waals surface area contributed by atoms with Gasteiger partial charge in [0.05, 0.1) is 0 Å². The van der Waals surface area contributed by atoms with E-state index in [-0.39, 0.29) is 6.04 Å². The average molecular weight is 232 g/mol. The molecule has 1 unspecified atom stereocenters. The van der Waals surface area contributed by atoms with E-state index < -0.39 is 0 Å². The van der Waals surface area contributed by atoms with Gasteiger partial charge in [-0.3, -0.25) is 4.98 Å². The van der Waals surface area contributed by atoms with Gasteiger partial charge in [0, 0.05) is 24.4 Å². The Hall–Kier alpha value is -0.890. The second kappa shape index (κ2) is 6.75. The van der Waals surface area contributed by atoms with E-state index in [0.29, 0.717) is 0 Å². The van der Waals surface area contributed by atoms with Crippen LogP contribution in [0.2, 0.25) is 0 Å². The molecule has 1 aromatic rings. The average Bonchev–Trinajstić information content (AvgIpc) is 2.39. The number of hydrogen-bond donors (Lipinski definition) is 1. The van der Waals surface area contributed by atoms with Gasteiger partial charge in [-0.1, -0.05) is 38.2 Å². The van der Waals surface area contributed by atoms with Crippen LogP contribution in [0.25, 0.3) is 0 Å². The highest BCUT2D eigenvalue weighted by Crippen LogP contribution is 2.27. The number of nitrogens with zero attached hydrogens (tertiary/aromatic N) is 1. The van der Waals surface area contributed by atoms with Crippen molar-refractivity contribution in [2.75, 3.05) is 0 Å². The normalized spacial score (nSPS) is 19.1. The van der Waals surface area contributed by atoms with Crippen molar-refractivity contribution < 1.29 is 0 Å². The van der Waals surface area contributed by atoms with Crippen LogP contribution >= 0.6 is 0 Å². The second-order valence-electron chi connectivity index (χ2n) is 5.37. The Labute approximate surface area is 105 Å². The molecular formula is C15H24N2. The number of aromatic nitrogens is 1. The minimum Gasteiger partial charge on any atom is -0.327 e. The van der Waals surface area contributed by atoms with E-state index in [9.17, 15) is 0 Å². The Bertz CT molecular complexity index is 304. The molecule has 1 fully saturated rings. The number of pyridine rings is 1. The summed E-state index contributed by atoms with van der Waals surface area (Å²) < 4.78 is 0. The zero-order chi connectivity index (χ0) is 11.9. The zero-order valence-electron chi connectivity index (χ0n) is 10.6. The van der Waals surface area contributed by atoms with E-state index in [0.717, 1.165) is 24.5 Å². The zero-order valence-corrected chi connectivity index (χ0v) is 10.6. The molecule has 94 valence electrons. The van der Waals surface area contributed by atoms with Crippen LogP contribution in [0.1, 0.15) is 50.6 Å². The first-order valence-corrected chi connectivity index (χ1v) is 7.00. The van der Waals surface area contributed by atoms with Gasteiger partial charge in [-0.05, 0) is 30.9 Å². The lowest BCUT2D eigenvalue weighted by Crippen LogP contribution is -2.24. The summed E-state index contributed by atoms with van der Waals surface area (Å²) in [6, 6.07) is 6.35. The minimum absolute atomic E-state index is 0.284. The van der Waals surface area contributed by atoms with Gasteiger partial charge in [0.15, 0.2) is 0 Å². The first-order chi connectivity index (χ1) is 8.34. The van der Waals surface area contributed by atoms with Crippen molar-refractivity contribution >= 4 is 0 Å². The Morgan fingerprint density at radius 3 is 2.76 bits per heavy atom. The minimum atomic E-state index is 0.284. The van der Waals surface area contributed by atoms with Crippen molar-refractivity contribution in [2.45, 2.75) is 57.4 Å². The maximum absolute atomic E-state index is 6.18. The molecule has 0 aliphatic heterocycles. The fourth-order valence-corrected chi connectivity index (χ4v) is 2.82. The van der Waals surface area contributed by atoms with Gasteiger partial charge in [-0.25, -0.2) is 0 Å². The molecule has 2 nitrogen and oxygen atoms in total. The summed E-state index contributed by atoms with van der Waals surface area (Å²) in [4.78, 5) is 4.33. The lowest BCUT2D eigenvalue weighted by Gasteiger charge is -2.22. The van der Waals surface area contributed by atoms with Crippen LogP contribution in [0, 0.1) is 5.92 Å². The quantitative estimate of drug-likeness (QED) is 0.846. The SMILES string of the molecule is NC(CCC1CCCCC1)Cc1ccccn1. The fourth-order valence-electron chi connectivity index (χ4n) is 2.82. The third-order valence-electron chi connectivity index (χ3n) is 3.87. The molecule has 2 rings (SSSR count). The van der Waals surface area contributed by atoms with E-state index in [4.69, 9.17) is 5.73 Å². The van der Waals surface area contributed by atoms with Gasteiger partial charge in [-0.2, -0.15) is 0 Å². The monoisotopic (exact) mass is 232 g/mol. The smallest absolute Gasteiger partial charge is 0.0419 e. The molecule has 0 radical (unpaired) electrons.